The topological polar surface area (TPSA) is 332 Å². The van der Waals surface area contributed by atoms with Crippen molar-refractivity contribution in [3.05, 3.63) is 108 Å². The van der Waals surface area contributed by atoms with Crippen molar-refractivity contribution in [2.45, 2.75) is 187 Å². The molecule has 11 amide bonds. The van der Waals surface area contributed by atoms with Crippen LogP contribution in [0.4, 0.5) is 4.79 Å². The first kappa shape index (κ1) is 70.7. The first-order chi connectivity index (χ1) is 42.9. The minimum Gasteiger partial charge on any atom is -0.445 e. The summed E-state index contributed by atoms with van der Waals surface area (Å²) in [5, 5.41) is 35.5. The molecule has 10 atom stereocenters. The fourth-order valence-corrected chi connectivity index (χ4v) is 11.4. The van der Waals surface area contributed by atoms with Crippen molar-refractivity contribution < 1.29 is 62.6 Å². The van der Waals surface area contributed by atoms with Crippen LogP contribution < -0.4 is 47.9 Å². The van der Waals surface area contributed by atoms with Crippen LogP contribution >= 0.6 is 0 Å². The number of amides is 11. The molecule has 24 heteroatoms. The van der Waals surface area contributed by atoms with Crippen molar-refractivity contribution in [3.8, 4) is 0 Å². The van der Waals surface area contributed by atoms with Crippen molar-refractivity contribution >= 4 is 65.2 Å². The molecule has 3 fully saturated rings. The van der Waals surface area contributed by atoms with Gasteiger partial charge in [0.1, 0.15) is 67.0 Å². The number of ether oxygens (including phenoxy) is 1. The number of carbonyl (C=O) groups excluding carboxylic acids is 11. The van der Waals surface area contributed by atoms with Crippen molar-refractivity contribution in [3.63, 3.8) is 0 Å². The van der Waals surface area contributed by atoms with Crippen LogP contribution in [0.1, 0.15) is 123 Å². The Morgan fingerprint density at radius 2 is 0.844 bits per heavy atom. The molecular formula is C66H93N11O13. The van der Waals surface area contributed by atoms with Gasteiger partial charge in [0.05, 0.1) is 6.61 Å². The highest BCUT2D eigenvalue weighted by Gasteiger charge is 2.43. The Morgan fingerprint density at radius 3 is 1.24 bits per heavy atom. The summed E-state index contributed by atoms with van der Waals surface area (Å²) in [6.45, 7) is 13.3. The van der Waals surface area contributed by atoms with Gasteiger partial charge in [-0.2, -0.15) is 0 Å². The number of hydrogen-bond acceptors (Lipinski definition) is 13. The molecule has 0 unspecified atom stereocenters. The second-order valence-corrected chi connectivity index (χ2v) is 25.2. The molecule has 0 radical (unpaired) electrons. The van der Waals surface area contributed by atoms with Crippen LogP contribution in [0.25, 0.3) is 0 Å². The van der Waals surface area contributed by atoms with Crippen molar-refractivity contribution in [2.24, 2.45) is 23.7 Å². The van der Waals surface area contributed by atoms with Gasteiger partial charge in [-0.25, -0.2) is 4.79 Å². The number of aliphatic hydroxyl groups excluding tert-OH is 1. The molecule has 0 aromatic heterocycles. The number of nitrogens with zero attached hydrogens (tertiary/aromatic N) is 2. The zero-order valence-electron chi connectivity index (χ0n) is 53.1. The lowest BCUT2D eigenvalue weighted by Gasteiger charge is -2.33. The average molecular weight is 1250 g/mol. The summed E-state index contributed by atoms with van der Waals surface area (Å²) in [6.07, 6.45) is 0.551. The summed E-state index contributed by atoms with van der Waals surface area (Å²) in [4.78, 5) is 162. The number of aliphatic hydroxyl groups is 1. The fourth-order valence-electron chi connectivity index (χ4n) is 11.4. The molecule has 24 nitrogen and oxygen atoms in total. The van der Waals surface area contributed by atoms with Crippen LogP contribution in [0.3, 0.4) is 0 Å². The summed E-state index contributed by atoms with van der Waals surface area (Å²) in [5.74, 6) is -8.98. The molecule has 90 heavy (non-hydrogen) atoms. The highest BCUT2D eigenvalue weighted by atomic mass is 16.5. The molecule has 490 valence electrons. The van der Waals surface area contributed by atoms with Gasteiger partial charge in [0.2, 0.25) is 59.1 Å². The first-order valence-electron chi connectivity index (χ1n) is 31.6. The molecule has 0 aliphatic carbocycles. The number of rotatable bonds is 17. The second kappa shape index (κ2) is 34.5. The lowest BCUT2D eigenvalue weighted by Crippen LogP contribution is -2.62. The maximum Gasteiger partial charge on any atom is 0.407 e. The minimum atomic E-state index is -1.62. The summed E-state index contributed by atoms with van der Waals surface area (Å²) in [6, 6.07) is 13.9. The van der Waals surface area contributed by atoms with Gasteiger partial charge in [-0.1, -0.05) is 146 Å². The van der Waals surface area contributed by atoms with E-state index in [1.54, 1.807) is 100 Å². The average Bonchev–Trinajstić information content (AvgIpc) is 1.70. The van der Waals surface area contributed by atoms with Gasteiger partial charge in [-0.05, 0) is 91.7 Å². The predicted octanol–water partition coefficient (Wildman–Crippen LogP) is 2.45. The Kier molecular flexibility index (Phi) is 27.1. The van der Waals surface area contributed by atoms with E-state index in [2.05, 4.69) is 47.9 Å². The van der Waals surface area contributed by atoms with E-state index in [-0.39, 0.29) is 89.4 Å². The van der Waals surface area contributed by atoms with E-state index in [0.29, 0.717) is 24.0 Å². The van der Waals surface area contributed by atoms with Gasteiger partial charge in [-0.3, -0.25) is 47.9 Å². The molecule has 3 heterocycles. The third kappa shape index (κ3) is 20.8. The predicted molar refractivity (Wildman–Crippen MR) is 335 cm³/mol. The van der Waals surface area contributed by atoms with E-state index >= 15 is 0 Å². The quantitative estimate of drug-likeness (QED) is 0.0870. The minimum absolute atomic E-state index is 0.00431. The Balaban J connectivity index is 1.37. The van der Waals surface area contributed by atoms with Crippen molar-refractivity contribution in [2.75, 3.05) is 26.2 Å². The van der Waals surface area contributed by atoms with E-state index < -0.39 is 144 Å². The summed E-state index contributed by atoms with van der Waals surface area (Å²) >= 11 is 0. The van der Waals surface area contributed by atoms with Crippen LogP contribution in [0.2, 0.25) is 0 Å². The normalized spacial score (nSPS) is 25.1. The summed E-state index contributed by atoms with van der Waals surface area (Å²) in [5.41, 5.74) is 2.09. The van der Waals surface area contributed by atoms with Crippen LogP contribution in [0, 0.1) is 23.7 Å². The second-order valence-electron chi connectivity index (χ2n) is 25.2. The van der Waals surface area contributed by atoms with E-state index in [4.69, 9.17) is 4.74 Å². The van der Waals surface area contributed by atoms with Gasteiger partial charge in [-0.15, -0.1) is 0 Å². The van der Waals surface area contributed by atoms with E-state index in [1.165, 1.54) is 9.80 Å². The van der Waals surface area contributed by atoms with Gasteiger partial charge in [0.15, 0.2) is 0 Å². The SMILES string of the molecule is CC(C)C[C@@H]1NC(=O)[C@H](CCCNC(=O)OCc2ccccc2)NC(=O)[C@H](C(C)C)NC(=O)[C@@H]2CCCN2C(=O)[C@@H](Cc2ccccc2)NC(=O)[C@H](CC(C)C)NC(=O)[C@H](CO)NC(=O)[C@H](C(C)C)NC(=O)[C@@H]2CCCN2C(=O)[C@@H](Cc2ccccc2)NC1=O. The molecule has 3 aromatic rings. The van der Waals surface area contributed by atoms with Gasteiger partial charge in [0.25, 0.3) is 0 Å². The number of alkyl carbamates (subject to hydrolysis) is 1. The molecule has 3 aromatic carbocycles. The summed E-state index contributed by atoms with van der Waals surface area (Å²) < 4.78 is 5.38. The Bertz CT molecular complexity index is 2930. The van der Waals surface area contributed by atoms with Gasteiger partial charge in [0, 0.05) is 32.5 Å². The highest BCUT2D eigenvalue weighted by Crippen LogP contribution is 2.24. The smallest absolute Gasteiger partial charge is 0.407 e. The molecule has 3 aliphatic rings. The Labute approximate surface area is 527 Å². The molecule has 3 saturated heterocycles. The first-order valence-corrected chi connectivity index (χ1v) is 31.6. The molecule has 0 saturated carbocycles. The Hall–Kier alpha value is -8.41. The van der Waals surface area contributed by atoms with E-state index in [1.807, 2.05) is 45.9 Å². The zero-order valence-corrected chi connectivity index (χ0v) is 53.1. The van der Waals surface area contributed by atoms with Crippen molar-refractivity contribution in [1.29, 1.82) is 0 Å². The monoisotopic (exact) mass is 1250 g/mol. The molecule has 6 rings (SSSR count). The summed E-state index contributed by atoms with van der Waals surface area (Å²) in [7, 11) is 0. The largest absolute Gasteiger partial charge is 0.445 e. The van der Waals surface area contributed by atoms with Gasteiger partial charge < -0.3 is 67.5 Å². The fraction of sp³-hybridized carbons (Fsp3) is 0.561. The van der Waals surface area contributed by atoms with E-state index in [0.717, 1.165) is 5.56 Å². The molecule has 0 bridgehead atoms. The number of benzene rings is 3. The number of hydrogen-bond donors (Lipinski definition) is 10. The van der Waals surface area contributed by atoms with Crippen LogP contribution in [-0.4, -0.2) is 167 Å². The highest BCUT2D eigenvalue weighted by molar-refractivity contribution is 6.00. The molecule has 10 N–H and O–H groups in total. The maximum atomic E-state index is 15.0. The Morgan fingerprint density at radius 1 is 0.478 bits per heavy atom. The van der Waals surface area contributed by atoms with Crippen LogP contribution in [-0.2, 0) is 72.1 Å². The standard InChI is InChI=1S/C66H93N11O13/c1-39(2)33-47-57(80)71-49(35-43-21-12-9-13-22-43)64(87)77-32-20-29-53(77)61(84)75-55(42(7)8)63(86)73-51(37-78)59(82)70-48(34-40(3)4)58(81)72-50(36-44-23-14-10-15-24-44)65(88)76-31-19-28-52(76)60(83)74-54(41(5)6)62(85)68-46(56(79)69-47)27-18-30-67-66(89)90-38-45-25-16-11-17-26-45/h9-17,21-26,39-42,46-55,78H,18-20,27-38H2,1-8H3,(H,67,89)(H,68,85)(H,69,79)(H,70,82)(H,71,80)(H,72,81)(H,73,86)(H,74,83)(H,75,84)/t46-,47-,48-,49+,50+,51-,52-,53-,54-,55-/m0/s1. The lowest BCUT2D eigenvalue weighted by molar-refractivity contribution is -0.143. The molecule has 0 spiro atoms. The molecule has 3 aliphatic heterocycles. The van der Waals surface area contributed by atoms with Crippen LogP contribution in [0.5, 0.6) is 0 Å². The number of carbonyl (C=O) groups is 11. The van der Waals surface area contributed by atoms with Crippen LogP contribution in [0.15, 0.2) is 91.0 Å². The van der Waals surface area contributed by atoms with Crippen molar-refractivity contribution in [1.82, 2.24) is 57.7 Å². The lowest BCUT2D eigenvalue weighted by atomic mass is 9.99. The number of fused-ring (bicyclic) bond motifs is 2. The molecular weight excluding hydrogens is 1150 g/mol. The third-order valence-corrected chi connectivity index (χ3v) is 16.2. The maximum absolute atomic E-state index is 15.0. The van der Waals surface area contributed by atoms with Gasteiger partial charge >= 0.3 is 6.09 Å². The zero-order chi connectivity index (χ0) is 65.6. The number of nitrogens with one attached hydrogen (secondary N) is 9. The third-order valence-electron chi connectivity index (χ3n) is 16.2. The van der Waals surface area contributed by atoms with E-state index in [9.17, 15) is 57.8 Å².